The third-order valence-corrected chi connectivity index (χ3v) is 6.50. The fraction of sp³-hybridized carbons (Fsp3) is 0.148. The number of halogens is 1. The quantitative estimate of drug-likeness (QED) is 0.191. The van der Waals surface area contributed by atoms with Gasteiger partial charge in [-0.05, 0) is 48.9 Å². The molecule has 4 aromatic rings. The first-order chi connectivity index (χ1) is 17.4. The second-order valence-corrected chi connectivity index (χ2v) is 9.01. The molecule has 1 aromatic heterocycles. The van der Waals surface area contributed by atoms with E-state index >= 15 is 0 Å². The molecule has 0 radical (unpaired) electrons. The molecule has 1 amide bonds. The van der Waals surface area contributed by atoms with Crippen molar-refractivity contribution in [1.82, 2.24) is 9.97 Å². The van der Waals surface area contributed by atoms with E-state index in [1.807, 2.05) is 31.2 Å². The molecule has 5 rings (SSSR count). The number of Topliss-reactive ketones (excluding diaryl/α,β-unsaturated/α-hetero) is 1. The Labute approximate surface area is 215 Å². The first-order valence-corrected chi connectivity index (χ1v) is 12.0. The number of ether oxygens (including phenoxy) is 2. The highest BCUT2D eigenvalue weighted by molar-refractivity contribution is 9.10. The van der Waals surface area contributed by atoms with Gasteiger partial charge in [-0.15, -0.1) is 0 Å². The molecule has 1 fully saturated rings. The molecule has 182 valence electrons. The summed E-state index contributed by atoms with van der Waals surface area (Å²) in [6, 6.07) is 18.4. The Bertz CT molecular complexity index is 1480. The highest BCUT2D eigenvalue weighted by atomic mass is 79.9. The van der Waals surface area contributed by atoms with E-state index in [0.29, 0.717) is 40.3 Å². The zero-order chi connectivity index (χ0) is 25.4. The summed E-state index contributed by atoms with van der Waals surface area (Å²) in [6.07, 6.45) is 0. The molecule has 8 nitrogen and oxygen atoms in total. The number of carbonyl (C=O) groups excluding carboxylic acids is 2. The van der Waals surface area contributed by atoms with Crippen LogP contribution in [0.4, 0.5) is 5.95 Å². The third kappa shape index (κ3) is 4.01. The fourth-order valence-corrected chi connectivity index (χ4v) is 4.58. The molecule has 1 atom stereocenters. The highest BCUT2D eigenvalue weighted by Gasteiger charge is 2.48. The normalized spacial score (nSPS) is 17.1. The molecule has 36 heavy (non-hydrogen) atoms. The van der Waals surface area contributed by atoms with Crippen molar-refractivity contribution in [3.63, 3.8) is 0 Å². The van der Waals surface area contributed by atoms with Crippen LogP contribution in [0.1, 0.15) is 24.1 Å². The van der Waals surface area contributed by atoms with Gasteiger partial charge in [-0.25, -0.2) is 4.98 Å². The number of H-pyrrole nitrogens is 1. The number of rotatable bonds is 6. The van der Waals surface area contributed by atoms with Gasteiger partial charge in [-0.1, -0.05) is 46.3 Å². The van der Waals surface area contributed by atoms with E-state index in [-0.39, 0.29) is 17.3 Å². The predicted molar refractivity (Wildman–Crippen MR) is 139 cm³/mol. The standard InChI is InChI=1S/C27H22BrN3O5/c1-3-36-21-14-16(10-13-20(21)35-2)23-22(24(32)15-8-11-17(28)12-9-15)25(33)26(34)31(23)27-29-18-6-4-5-7-19(18)30-27/h4-14,23,32H,3H2,1-2H3,(H,29,30)/b24-22+. The maximum atomic E-state index is 13.4. The van der Waals surface area contributed by atoms with Gasteiger partial charge >= 0.3 is 5.91 Å². The van der Waals surface area contributed by atoms with E-state index in [1.165, 1.54) is 12.0 Å². The van der Waals surface area contributed by atoms with Crippen molar-refractivity contribution in [2.24, 2.45) is 0 Å². The van der Waals surface area contributed by atoms with Crippen LogP contribution in [0.3, 0.4) is 0 Å². The van der Waals surface area contributed by atoms with Gasteiger partial charge in [0.15, 0.2) is 11.5 Å². The summed E-state index contributed by atoms with van der Waals surface area (Å²) >= 11 is 3.38. The van der Waals surface area contributed by atoms with Crippen LogP contribution in [0.2, 0.25) is 0 Å². The number of imidazole rings is 1. The molecule has 2 N–H and O–H groups in total. The van der Waals surface area contributed by atoms with Gasteiger partial charge in [0.05, 0.1) is 36.4 Å². The lowest BCUT2D eigenvalue weighted by molar-refractivity contribution is -0.132. The number of hydrogen-bond donors (Lipinski definition) is 2. The van der Waals surface area contributed by atoms with Crippen molar-refractivity contribution in [2.75, 3.05) is 18.6 Å². The van der Waals surface area contributed by atoms with Gasteiger partial charge in [0.1, 0.15) is 5.76 Å². The predicted octanol–water partition coefficient (Wildman–Crippen LogP) is 5.36. The van der Waals surface area contributed by atoms with E-state index in [2.05, 4.69) is 25.9 Å². The number of anilines is 1. The molecule has 1 aliphatic heterocycles. The number of hydrogen-bond acceptors (Lipinski definition) is 6. The summed E-state index contributed by atoms with van der Waals surface area (Å²) in [6.45, 7) is 2.24. The van der Waals surface area contributed by atoms with E-state index in [4.69, 9.17) is 9.47 Å². The van der Waals surface area contributed by atoms with Gasteiger partial charge in [0.2, 0.25) is 5.95 Å². The van der Waals surface area contributed by atoms with Crippen LogP contribution in [0, 0.1) is 0 Å². The number of benzene rings is 3. The summed E-state index contributed by atoms with van der Waals surface area (Å²) in [7, 11) is 1.53. The van der Waals surface area contributed by atoms with Crippen LogP contribution in [0.15, 0.2) is 76.8 Å². The molecular weight excluding hydrogens is 526 g/mol. The number of aliphatic hydroxyl groups is 1. The average Bonchev–Trinajstić information content (AvgIpc) is 3.42. The molecule has 1 unspecified atom stereocenters. The summed E-state index contributed by atoms with van der Waals surface area (Å²) in [5.41, 5.74) is 2.27. The second-order valence-electron chi connectivity index (χ2n) is 8.10. The molecule has 0 bridgehead atoms. The number of methoxy groups -OCH3 is 1. The average molecular weight is 548 g/mol. The Morgan fingerprint density at radius 2 is 1.83 bits per heavy atom. The second kappa shape index (κ2) is 9.50. The molecule has 1 aliphatic rings. The van der Waals surface area contributed by atoms with E-state index in [9.17, 15) is 14.7 Å². The minimum absolute atomic E-state index is 0.0459. The van der Waals surface area contributed by atoms with Gasteiger partial charge in [0.25, 0.3) is 5.78 Å². The zero-order valence-electron chi connectivity index (χ0n) is 19.5. The Hall–Kier alpha value is -4.11. The summed E-state index contributed by atoms with van der Waals surface area (Å²) in [5.74, 6) is -0.725. The number of nitrogens with one attached hydrogen (secondary N) is 1. The fourth-order valence-electron chi connectivity index (χ4n) is 4.31. The third-order valence-electron chi connectivity index (χ3n) is 5.97. The van der Waals surface area contributed by atoms with E-state index < -0.39 is 17.7 Å². The number of fused-ring (bicyclic) bond motifs is 1. The molecule has 0 aliphatic carbocycles. The monoisotopic (exact) mass is 547 g/mol. The minimum Gasteiger partial charge on any atom is -0.507 e. The molecule has 0 spiro atoms. The summed E-state index contributed by atoms with van der Waals surface area (Å²) < 4.78 is 12.0. The van der Waals surface area contributed by atoms with Crippen molar-refractivity contribution in [3.8, 4) is 11.5 Å². The number of carbonyl (C=O) groups is 2. The SMILES string of the molecule is CCOc1cc(C2/C(=C(\O)c3ccc(Br)cc3)C(=O)C(=O)N2c2nc3ccccc3[nH]2)ccc1OC. The van der Waals surface area contributed by atoms with Crippen molar-refractivity contribution >= 4 is 50.4 Å². The molecule has 3 aromatic carbocycles. The van der Waals surface area contributed by atoms with Crippen molar-refractivity contribution < 1.29 is 24.2 Å². The molecular formula is C27H22BrN3O5. The van der Waals surface area contributed by atoms with Crippen LogP contribution >= 0.6 is 15.9 Å². The van der Waals surface area contributed by atoms with Gasteiger partial charge in [-0.2, -0.15) is 0 Å². The number of amides is 1. The first-order valence-electron chi connectivity index (χ1n) is 11.2. The Morgan fingerprint density at radius 3 is 2.53 bits per heavy atom. The Kier molecular flexibility index (Phi) is 6.24. The highest BCUT2D eigenvalue weighted by Crippen LogP contribution is 2.43. The number of ketones is 1. The van der Waals surface area contributed by atoms with Crippen molar-refractivity contribution in [2.45, 2.75) is 13.0 Å². The van der Waals surface area contributed by atoms with Crippen LogP contribution in [0.25, 0.3) is 16.8 Å². The lowest BCUT2D eigenvalue weighted by Crippen LogP contribution is -2.30. The van der Waals surface area contributed by atoms with E-state index in [1.54, 1.807) is 42.5 Å². The van der Waals surface area contributed by atoms with E-state index in [0.717, 1.165) is 4.47 Å². The molecule has 0 saturated carbocycles. The number of aromatic amines is 1. The number of aromatic nitrogens is 2. The van der Waals surface area contributed by atoms with Crippen LogP contribution < -0.4 is 14.4 Å². The van der Waals surface area contributed by atoms with Crippen molar-refractivity contribution in [1.29, 1.82) is 0 Å². The lowest BCUT2D eigenvalue weighted by Gasteiger charge is -2.24. The number of para-hydroxylation sites is 2. The Balaban J connectivity index is 1.74. The minimum atomic E-state index is -0.959. The smallest absolute Gasteiger partial charge is 0.302 e. The maximum absolute atomic E-state index is 13.4. The van der Waals surface area contributed by atoms with Gasteiger partial charge in [-0.3, -0.25) is 14.5 Å². The molecule has 1 saturated heterocycles. The largest absolute Gasteiger partial charge is 0.507 e. The van der Waals surface area contributed by atoms with Crippen LogP contribution in [-0.2, 0) is 9.59 Å². The van der Waals surface area contributed by atoms with Crippen LogP contribution in [-0.4, -0.2) is 40.5 Å². The van der Waals surface area contributed by atoms with Gasteiger partial charge < -0.3 is 19.6 Å². The summed E-state index contributed by atoms with van der Waals surface area (Å²) in [4.78, 5) is 35.8. The Morgan fingerprint density at radius 1 is 1.08 bits per heavy atom. The number of aliphatic hydroxyl groups excluding tert-OH is 1. The number of nitrogens with zero attached hydrogens (tertiary/aromatic N) is 2. The lowest BCUT2D eigenvalue weighted by atomic mass is 9.95. The van der Waals surface area contributed by atoms with Crippen LogP contribution in [0.5, 0.6) is 11.5 Å². The first kappa shape index (κ1) is 23.6. The van der Waals surface area contributed by atoms with Gasteiger partial charge in [0, 0.05) is 10.0 Å². The van der Waals surface area contributed by atoms with Crippen molar-refractivity contribution in [3.05, 3.63) is 87.9 Å². The maximum Gasteiger partial charge on any atom is 0.302 e. The summed E-state index contributed by atoms with van der Waals surface area (Å²) in [5, 5.41) is 11.3. The topological polar surface area (TPSA) is 105 Å². The zero-order valence-corrected chi connectivity index (χ0v) is 21.1. The molecule has 2 heterocycles. The molecule has 9 heteroatoms.